The first kappa shape index (κ1) is 18.9. The lowest BCUT2D eigenvalue weighted by molar-refractivity contribution is 0.194. The highest BCUT2D eigenvalue weighted by Crippen LogP contribution is 2.25. The Labute approximate surface area is 158 Å². The molecule has 0 spiro atoms. The molecule has 0 saturated carbocycles. The molecule has 3 rings (SSSR count). The zero-order valence-corrected chi connectivity index (χ0v) is 15.9. The van der Waals surface area contributed by atoms with Crippen LogP contribution in [-0.2, 0) is 6.54 Å². The molecule has 0 bridgehead atoms. The van der Waals surface area contributed by atoms with E-state index in [0.29, 0.717) is 10.9 Å². The van der Waals surface area contributed by atoms with Gasteiger partial charge in [0.2, 0.25) is 0 Å². The van der Waals surface area contributed by atoms with Gasteiger partial charge in [-0.3, -0.25) is 14.3 Å². The molecular weight excluding hydrogens is 342 g/mol. The van der Waals surface area contributed by atoms with Crippen molar-refractivity contribution in [1.29, 1.82) is 0 Å². The summed E-state index contributed by atoms with van der Waals surface area (Å²) >= 11 is 0. The van der Waals surface area contributed by atoms with Crippen molar-refractivity contribution in [2.24, 2.45) is 0 Å². The van der Waals surface area contributed by atoms with E-state index < -0.39 is 5.69 Å². The van der Waals surface area contributed by atoms with Gasteiger partial charge in [0, 0.05) is 0 Å². The summed E-state index contributed by atoms with van der Waals surface area (Å²) in [6.07, 6.45) is 0. The van der Waals surface area contributed by atoms with Gasteiger partial charge in [0.1, 0.15) is 5.75 Å². The van der Waals surface area contributed by atoms with Gasteiger partial charge in [0.15, 0.2) is 0 Å². The second kappa shape index (κ2) is 8.22. The fraction of sp³-hybridized carbons (Fsp3) is 0.333. The number of fused-ring (bicyclic) bond motifs is 1. The van der Waals surface area contributed by atoms with E-state index in [0.717, 1.165) is 24.4 Å². The predicted molar refractivity (Wildman–Crippen MR) is 107 cm³/mol. The van der Waals surface area contributed by atoms with Crippen LogP contribution in [0, 0.1) is 0 Å². The monoisotopic (exact) mass is 367 g/mol. The summed E-state index contributed by atoms with van der Waals surface area (Å²) in [5.41, 5.74) is 0.912. The van der Waals surface area contributed by atoms with E-state index in [-0.39, 0.29) is 18.1 Å². The second-order valence-electron chi connectivity index (χ2n) is 6.41. The standard InChI is InChI=1S/C21H25N3O3/c1-4-23(5-2)19(15-9-8-10-16(13-15)27-3)14-24-20(25)17-11-6-7-12-18(17)22-21(24)26/h6-13,19H,4-5,14H2,1-3H3,(H,22,26)/t19-/m1/s1. The van der Waals surface area contributed by atoms with Crippen LogP contribution in [0.15, 0.2) is 58.1 Å². The van der Waals surface area contributed by atoms with Crippen molar-refractivity contribution in [3.63, 3.8) is 0 Å². The van der Waals surface area contributed by atoms with Gasteiger partial charge in [-0.05, 0) is 42.9 Å². The van der Waals surface area contributed by atoms with Gasteiger partial charge in [-0.15, -0.1) is 0 Å². The summed E-state index contributed by atoms with van der Waals surface area (Å²) in [6, 6.07) is 14.8. The number of para-hydroxylation sites is 1. The third kappa shape index (κ3) is 3.80. The normalized spacial score (nSPS) is 12.4. The highest BCUT2D eigenvalue weighted by atomic mass is 16.5. The van der Waals surface area contributed by atoms with Crippen LogP contribution >= 0.6 is 0 Å². The van der Waals surface area contributed by atoms with Gasteiger partial charge in [0.25, 0.3) is 5.56 Å². The van der Waals surface area contributed by atoms with Gasteiger partial charge < -0.3 is 9.72 Å². The van der Waals surface area contributed by atoms with Gasteiger partial charge >= 0.3 is 5.69 Å². The Morgan fingerprint density at radius 2 is 1.81 bits per heavy atom. The third-order valence-electron chi connectivity index (χ3n) is 4.98. The van der Waals surface area contributed by atoms with Crippen LogP contribution in [0.4, 0.5) is 0 Å². The topological polar surface area (TPSA) is 67.3 Å². The summed E-state index contributed by atoms with van der Waals surface area (Å²) in [5.74, 6) is 0.754. The number of likely N-dealkylation sites (N-methyl/N-ethyl adjacent to an activating group) is 1. The van der Waals surface area contributed by atoms with Crippen molar-refractivity contribution in [2.45, 2.75) is 26.4 Å². The maximum Gasteiger partial charge on any atom is 0.328 e. The molecule has 6 heteroatoms. The molecule has 0 unspecified atom stereocenters. The average Bonchev–Trinajstić information content (AvgIpc) is 2.70. The Bertz CT molecular complexity index is 1030. The molecule has 6 nitrogen and oxygen atoms in total. The SMILES string of the molecule is CCN(CC)[C@H](Cn1c(=O)[nH]c2ccccc2c1=O)c1cccc(OC)c1. The van der Waals surface area contributed by atoms with Gasteiger partial charge in [-0.1, -0.05) is 38.1 Å². The first-order chi connectivity index (χ1) is 13.1. The quantitative estimate of drug-likeness (QED) is 0.697. The van der Waals surface area contributed by atoms with E-state index in [1.807, 2.05) is 24.3 Å². The molecule has 0 saturated heterocycles. The second-order valence-corrected chi connectivity index (χ2v) is 6.41. The third-order valence-corrected chi connectivity index (χ3v) is 4.98. The molecule has 0 aliphatic rings. The van der Waals surface area contributed by atoms with Crippen LogP contribution in [-0.4, -0.2) is 34.7 Å². The van der Waals surface area contributed by atoms with Crippen LogP contribution in [0.25, 0.3) is 10.9 Å². The highest BCUT2D eigenvalue weighted by Gasteiger charge is 2.21. The van der Waals surface area contributed by atoms with Crippen molar-refractivity contribution in [1.82, 2.24) is 14.5 Å². The maximum absolute atomic E-state index is 12.9. The number of ether oxygens (including phenoxy) is 1. The van der Waals surface area contributed by atoms with E-state index in [9.17, 15) is 9.59 Å². The molecule has 1 atom stereocenters. The fourth-order valence-corrected chi connectivity index (χ4v) is 3.48. The van der Waals surface area contributed by atoms with Crippen molar-refractivity contribution in [3.8, 4) is 5.75 Å². The number of aromatic amines is 1. The molecule has 0 fully saturated rings. The smallest absolute Gasteiger partial charge is 0.328 e. The molecular formula is C21H25N3O3. The number of hydrogen-bond acceptors (Lipinski definition) is 4. The van der Waals surface area contributed by atoms with Gasteiger partial charge in [0.05, 0.1) is 30.6 Å². The van der Waals surface area contributed by atoms with E-state index in [2.05, 4.69) is 23.7 Å². The van der Waals surface area contributed by atoms with Crippen LogP contribution in [0.5, 0.6) is 5.75 Å². The minimum absolute atomic E-state index is 0.116. The number of rotatable bonds is 7. The minimum atomic E-state index is -0.390. The zero-order valence-electron chi connectivity index (χ0n) is 15.9. The molecule has 0 amide bonds. The molecule has 27 heavy (non-hydrogen) atoms. The molecule has 0 radical (unpaired) electrons. The van der Waals surface area contributed by atoms with Crippen LogP contribution in [0.1, 0.15) is 25.5 Å². The lowest BCUT2D eigenvalue weighted by atomic mass is 10.0. The van der Waals surface area contributed by atoms with Crippen LogP contribution < -0.4 is 16.0 Å². The molecule has 2 aromatic carbocycles. The Kier molecular flexibility index (Phi) is 5.76. The number of nitrogens with zero attached hydrogens (tertiary/aromatic N) is 2. The average molecular weight is 367 g/mol. The van der Waals surface area contributed by atoms with Crippen molar-refractivity contribution in [3.05, 3.63) is 74.9 Å². The summed E-state index contributed by atoms with van der Waals surface area (Å²) in [5, 5.41) is 0.515. The molecule has 3 aromatic rings. The predicted octanol–water partition coefficient (Wildman–Crippen LogP) is 2.78. The number of H-pyrrole nitrogens is 1. The first-order valence-electron chi connectivity index (χ1n) is 9.18. The van der Waals surface area contributed by atoms with Crippen LogP contribution in [0.3, 0.4) is 0 Å². The molecule has 142 valence electrons. The minimum Gasteiger partial charge on any atom is -0.497 e. The van der Waals surface area contributed by atoms with Crippen molar-refractivity contribution in [2.75, 3.05) is 20.2 Å². The van der Waals surface area contributed by atoms with Crippen molar-refractivity contribution >= 4 is 10.9 Å². The highest BCUT2D eigenvalue weighted by molar-refractivity contribution is 5.76. The molecule has 0 aliphatic carbocycles. The number of hydrogen-bond donors (Lipinski definition) is 1. The van der Waals surface area contributed by atoms with E-state index in [1.54, 1.807) is 31.4 Å². The number of methoxy groups -OCH3 is 1. The first-order valence-corrected chi connectivity index (χ1v) is 9.18. The Morgan fingerprint density at radius 1 is 1.07 bits per heavy atom. The van der Waals surface area contributed by atoms with E-state index in [4.69, 9.17) is 4.74 Å². The lowest BCUT2D eigenvalue weighted by Gasteiger charge is -2.30. The lowest BCUT2D eigenvalue weighted by Crippen LogP contribution is -2.40. The number of benzene rings is 2. The largest absolute Gasteiger partial charge is 0.497 e. The number of aromatic nitrogens is 2. The summed E-state index contributed by atoms with van der Waals surface area (Å²) in [6.45, 7) is 6.03. The zero-order chi connectivity index (χ0) is 19.4. The van der Waals surface area contributed by atoms with Crippen LogP contribution in [0.2, 0.25) is 0 Å². The van der Waals surface area contributed by atoms with E-state index >= 15 is 0 Å². The van der Waals surface area contributed by atoms with Crippen molar-refractivity contribution < 1.29 is 4.74 Å². The molecule has 0 aliphatic heterocycles. The molecule has 1 N–H and O–H groups in total. The van der Waals surface area contributed by atoms with E-state index in [1.165, 1.54) is 4.57 Å². The van der Waals surface area contributed by atoms with Gasteiger partial charge in [-0.25, -0.2) is 4.79 Å². The Morgan fingerprint density at radius 3 is 2.52 bits per heavy atom. The number of nitrogens with one attached hydrogen (secondary N) is 1. The Balaban J connectivity index is 2.11. The summed E-state index contributed by atoms with van der Waals surface area (Å²) in [7, 11) is 1.63. The fourth-order valence-electron chi connectivity index (χ4n) is 3.48. The maximum atomic E-state index is 12.9. The molecule has 1 aromatic heterocycles. The van der Waals surface area contributed by atoms with Gasteiger partial charge in [-0.2, -0.15) is 0 Å². The summed E-state index contributed by atoms with van der Waals surface area (Å²) in [4.78, 5) is 30.6. The summed E-state index contributed by atoms with van der Waals surface area (Å²) < 4.78 is 6.65. The Hall–Kier alpha value is -2.86. The molecule has 1 heterocycles.